The van der Waals surface area contributed by atoms with Gasteiger partial charge in [-0.25, -0.2) is 12.8 Å². The van der Waals surface area contributed by atoms with Gasteiger partial charge >= 0.3 is 0 Å². The number of likely N-dealkylation sites (tertiary alicyclic amines) is 1. The van der Waals surface area contributed by atoms with E-state index < -0.39 is 39.1 Å². The Labute approximate surface area is 221 Å². The summed E-state index contributed by atoms with van der Waals surface area (Å²) in [6.45, 7) is 4.86. The second-order valence-electron chi connectivity index (χ2n) is 9.73. The van der Waals surface area contributed by atoms with Crippen molar-refractivity contribution in [3.05, 3.63) is 58.4 Å². The molecular formula is C26H32ClFN4O4S. The van der Waals surface area contributed by atoms with E-state index in [4.69, 9.17) is 11.6 Å². The maximum Gasteiger partial charge on any atom is 0.251 e. The van der Waals surface area contributed by atoms with Crippen molar-refractivity contribution < 1.29 is 22.4 Å². The van der Waals surface area contributed by atoms with Crippen LogP contribution in [0, 0.1) is 5.82 Å². The monoisotopic (exact) mass is 550 g/mol. The Morgan fingerprint density at radius 3 is 2.76 bits per heavy atom. The van der Waals surface area contributed by atoms with Crippen LogP contribution in [0.4, 0.5) is 15.8 Å². The highest BCUT2D eigenvalue weighted by Crippen LogP contribution is 2.29. The lowest BCUT2D eigenvalue weighted by atomic mass is 10.0. The number of halogens is 2. The molecule has 2 aliphatic rings. The highest BCUT2D eigenvalue weighted by molar-refractivity contribution is 7.90. The van der Waals surface area contributed by atoms with E-state index in [1.807, 2.05) is 0 Å². The van der Waals surface area contributed by atoms with Crippen LogP contribution in [0.1, 0.15) is 48.5 Å². The van der Waals surface area contributed by atoms with Crippen LogP contribution < -0.4 is 16.0 Å². The number of hydrogen-bond donors (Lipinski definition) is 3. The summed E-state index contributed by atoms with van der Waals surface area (Å²) in [5, 5.41) is 8.59. The molecule has 4 rings (SSSR count). The van der Waals surface area contributed by atoms with Crippen molar-refractivity contribution in [2.75, 3.05) is 36.0 Å². The summed E-state index contributed by atoms with van der Waals surface area (Å²) in [6, 6.07) is 7.93. The molecule has 37 heavy (non-hydrogen) atoms. The van der Waals surface area contributed by atoms with E-state index in [2.05, 4.69) is 27.8 Å². The summed E-state index contributed by atoms with van der Waals surface area (Å²) in [6.07, 6.45) is 4.58. The van der Waals surface area contributed by atoms with Gasteiger partial charge < -0.3 is 20.9 Å². The van der Waals surface area contributed by atoms with Crippen LogP contribution in [0.25, 0.3) is 0 Å². The van der Waals surface area contributed by atoms with E-state index in [9.17, 15) is 22.4 Å². The first-order chi connectivity index (χ1) is 17.6. The molecule has 2 atom stereocenters. The maximum atomic E-state index is 13.3. The first kappa shape index (κ1) is 27.3. The molecule has 8 nitrogen and oxygen atoms in total. The normalized spacial score (nSPS) is 20.0. The zero-order valence-corrected chi connectivity index (χ0v) is 22.3. The first-order valence-corrected chi connectivity index (χ1v) is 14.7. The number of rotatable bonds is 9. The number of anilines is 2. The number of carbonyl (C=O) groups is 2. The molecule has 11 heteroatoms. The topological polar surface area (TPSA) is 108 Å². The molecule has 2 amide bonds. The van der Waals surface area contributed by atoms with E-state index in [0.717, 1.165) is 31.6 Å². The molecule has 0 saturated carbocycles. The van der Waals surface area contributed by atoms with Gasteiger partial charge in [-0.1, -0.05) is 24.1 Å². The lowest BCUT2D eigenvalue weighted by molar-refractivity contribution is -0.116. The summed E-state index contributed by atoms with van der Waals surface area (Å²) in [5.41, 5.74) is 1.61. The highest BCUT2D eigenvalue weighted by atomic mass is 35.5. The molecule has 0 radical (unpaired) electrons. The fourth-order valence-electron chi connectivity index (χ4n) is 4.77. The van der Waals surface area contributed by atoms with Crippen molar-refractivity contribution in [3.63, 3.8) is 0 Å². The smallest absolute Gasteiger partial charge is 0.251 e. The summed E-state index contributed by atoms with van der Waals surface area (Å²) in [7, 11) is -3.75. The van der Waals surface area contributed by atoms with Gasteiger partial charge in [-0.05, 0) is 68.6 Å². The van der Waals surface area contributed by atoms with Gasteiger partial charge in [0.25, 0.3) is 5.91 Å². The van der Waals surface area contributed by atoms with Gasteiger partial charge in [-0.3, -0.25) is 9.59 Å². The van der Waals surface area contributed by atoms with E-state index in [1.165, 1.54) is 25.3 Å². The molecule has 0 bridgehead atoms. The predicted octanol–water partition coefficient (Wildman–Crippen LogP) is 3.82. The van der Waals surface area contributed by atoms with Crippen molar-refractivity contribution >= 4 is 44.6 Å². The SMILES string of the molecule is C[C@@H]1CCCCN1CCCNC(=O)c1ccc2c(c1)NC(=O)[C@H](CS(=O)(=O)Cc1ccc(F)cc1Cl)N2. The molecule has 0 aliphatic carbocycles. The fraction of sp³-hybridized carbons (Fsp3) is 0.462. The van der Waals surface area contributed by atoms with Gasteiger partial charge in [0.05, 0.1) is 22.9 Å². The van der Waals surface area contributed by atoms with Crippen LogP contribution in [0.5, 0.6) is 0 Å². The van der Waals surface area contributed by atoms with Crippen LogP contribution in [0.3, 0.4) is 0 Å². The molecule has 2 aliphatic heterocycles. The van der Waals surface area contributed by atoms with E-state index >= 15 is 0 Å². The van der Waals surface area contributed by atoms with E-state index in [-0.39, 0.29) is 16.5 Å². The number of hydrogen-bond acceptors (Lipinski definition) is 6. The molecule has 0 unspecified atom stereocenters. The number of amides is 2. The Kier molecular flexibility index (Phi) is 8.71. The van der Waals surface area contributed by atoms with Crippen LogP contribution >= 0.6 is 11.6 Å². The minimum atomic E-state index is -3.75. The minimum Gasteiger partial charge on any atom is -0.371 e. The minimum absolute atomic E-state index is 0.0156. The number of piperidine rings is 1. The zero-order valence-electron chi connectivity index (χ0n) is 20.7. The van der Waals surface area contributed by atoms with E-state index in [1.54, 1.807) is 18.2 Å². The van der Waals surface area contributed by atoms with Crippen molar-refractivity contribution in [1.29, 1.82) is 0 Å². The molecule has 0 aromatic heterocycles. The number of carbonyl (C=O) groups excluding carboxylic acids is 2. The molecule has 2 heterocycles. The Hall–Kier alpha value is -2.69. The Morgan fingerprint density at radius 2 is 2.00 bits per heavy atom. The molecule has 1 fully saturated rings. The summed E-state index contributed by atoms with van der Waals surface area (Å²) in [4.78, 5) is 27.7. The molecule has 200 valence electrons. The van der Waals surface area contributed by atoms with Gasteiger partial charge in [0.15, 0.2) is 9.84 Å². The lowest BCUT2D eigenvalue weighted by Crippen LogP contribution is -2.43. The zero-order chi connectivity index (χ0) is 26.6. The van der Waals surface area contributed by atoms with Gasteiger partial charge in [0.2, 0.25) is 5.91 Å². The number of nitrogens with zero attached hydrogens (tertiary/aromatic N) is 1. The molecule has 2 aromatic carbocycles. The van der Waals surface area contributed by atoms with Crippen LogP contribution in [-0.2, 0) is 20.4 Å². The Morgan fingerprint density at radius 1 is 1.19 bits per heavy atom. The number of fused-ring (bicyclic) bond motifs is 1. The van der Waals surface area contributed by atoms with Crippen molar-refractivity contribution in [3.8, 4) is 0 Å². The quantitative estimate of drug-likeness (QED) is 0.410. The molecule has 1 saturated heterocycles. The van der Waals surface area contributed by atoms with Gasteiger partial charge in [-0.2, -0.15) is 0 Å². The summed E-state index contributed by atoms with van der Waals surface area (Å²) < 4.78 is 38.7. The maximum absolute atomic E-state index is 13.3. The molecule has 3 N–H and O–H groups in total. The summed E-state index contributed by atoms with van der Waals surface area (Å²) in [5.74, 6) is -2.19. The highest BCUT2D eigenvalue weighted by Gasteiger charge is 2.31. The van der Waals surface area contributed by atoms with Gasteiger partial charge in [0.1, 0.15) is 11.9 Å². The Balaban J connectivity index is 1.31. The van der Waals surface area contributed by atoms with Crippen molar-refractivity contribution in [2.24, 2.45) is 0 Å². The van der Waals surface area contributed by atoms with E-state index in [0.29, 0.717) is 29.5 Å². The lowest BCUT2D eigenvalue weighted by Gasteiger charge is -2.33. The average molecular weight is 551 g/mol. The van der Waals surface area contributed by atoms with Crippen LogP contribution in [0.15, 0.2) is 36.4 Å². The van der Waals surface area contributed by atoms with Crippen LogP contribution in [0.2, 0.25) is 5.02 Å². The van der Waals surface area contributed by atoms with Gasteiger partial charge in [-0.15, -0.1) is 0 Å². The molecule has 2 aromatic rings. The second-order valence-corrected chi connectivity index (χ2v) is 12.2. The second kappa shape index (κ2) is 11.8. The van der Waals surface area contributed by atoms with Crippen LogP contribution in [-0.4, -0.2) is 62.6 Å². The average Bonchev–Trinajstić information content (AvgIpc) is 2.84. The predicted molar refractivity (Wildman–Crippen MR) is 143 cm³/mol. The van der Waals surface area contributed by atoms with Crippen molar-refractivity contribution in [2.45, 2.75) is 50.4 Å². The first-order valence-electron chi connectivity index (χ1n) is 12.5. The molecular weight excluding hydrogens is 519 g/mol. The summed E-state index contributed by atoms with van der Waals surface area (Å²) >= 11 is 5.96. The third kappa shape index (κ3) is 7.21. The Bertz CT molecular complexity index is 1270. The molecule has 0 spiro atoms. The number of benzene rings is 2. The van der Waals surface area contributed by atoms with Gasteiger partial charge in [0, 0.05) is 29.7 Å². The largest absolute Gasteiger partial charge is 0.371 e. The fourth-order valence-corrected chi connectivity index (χ4v) is 6.67. The van der Waals surface area contributed by atoms with Crippen molar-refractivity contribution in [1.82, 2.24) is 10.2 Å². The third-order valence-corrected chi connectivity index (χ3v) is 8.79. The third-order valence-electron chi connectivity index (χ3n) is 6.85. The standard InChI is InChI=1S/C26H32ClFN4O4S/c1-17-5-2-3-11-32(17)12-4-10-29-25(33)18-7-9-22-23(13-18)31-26(34)24(30-22)16-37(35,36)15-19-6-8-20(28)14-21(19)27/h6-9,13-14,17,24,30H,2-5,10-12,15-16H2,1H3,(H,29,33)(H,31,34)/t17-,24+/m1/s1. The number of nitrogens with one attached hydrogen (secondary N) is 3. The number of sulfone groups is 1.